The minimum absolute atomic E-state index is 0.426. The van der Waals surface area contributed by atoms with Gasteiger partial charge in [-0.15, -0.1) is 11.3 Å². The first-order chi connectivity index (χ1) is 10.4. The maximum absolute atomic E-state index is 4.82. The SMILES string of the molecule is CCC1c2ccsc2CCN1c1cnc2ccccc2n1. The molecule has 1 aliphatic heterocycles. The molecule has 0 amide bonds. The van der Waals surface area contributed by atoms with Gasteiger partial charge in [0.2, 0.25) is 0 Å². The molecule has 0 saturated heterocycles. The Morgan fingerprint density at radius 1 is 1.24 bits per heavy atom. The molecule has 1 unspecified atom stereocenters. The first-order valence-electron chi connectivity index (χ1n) is 7.41. The fourth-order valence-electron chi connectivity index (χ4n) is 3.20. The van der Waals surface area contributed by atoms with E-state index in [1.165, 1.54) is 10.4 Å². The van der Waals surface area contributed by atoms with Crippen molar-refractivity contribution < 1.29 is 0 Å². The number of fused-ring (bicyclic) bond motifs is 2. The fraction of sp³-hybridized carbons (Fsp3) is 0.294. The summed E-state index contributed by atoms with van der Waals surface area (Å²) in [6.45, 7) is 3.28. The van der Waals surface area contributed by atoms with Crippen LogP contribution in [0.25, 0.3) is 11.0 Å². The van der Waals surface area contributed by atoms with Crippen molar-refractivity contribution in [2.24, 2.45) is 0 Å². The van der Waals surface area contributed by atoms with Crippen molar-refractivity contribution in [1.29, 1.82) is 0 Å². The van der Waals surface area contributed by atoms with Crippen molar-refractivity contribution >= 4 is 28.2 Å². The summed E-state index contributed by atoms with van der Waals surface area (Å²) >= 11 is 1.88. The molecule has 3 heterocycles. The van der Waals surface area contributed by atoms with Crippen molar-refractivity contribution in [3.8, 4) is 0 Å². The minimum atomic E-state index is 0.426. The normalized spacial score (nSPS) is 18.0. The molecule has 0 bridgehead atoms. The largest absolute Gasteiger partial charge is 0.348 e. The van der Waals surface area contributed by atoms with Crippen molar-refractivity contribution in [3.05, 3.63) is 52.3 Å². The predicted molar refractivity (Wildman–Crippen MR) is 87.9 cm³/mol. The van der Waals surface area contributed by atoms with Gasteiger partial charge in [-0.1, -0.05) is 19.1 Å². The Bertz CT molecular complexity index is 780. The monoisotopic (exact) mass is 295 g/mol. The van der Waals surface area contributed by atoms with Crippen LogP contribution in [0.15, 0.2) is 41.9 Å². The lowest BCUT2D eigenvalue weighted by molar-refractivity contribution is 0.568. The molecule has 3 aromatic rings. The zero-order chi connectivity index (χ0) is 14.2. The second kappa shape index (κ2) is 5.11. The Hall–Kier alpha value is -1.94. The Kier molecular flexibility index (Phi) is 3.11. The highest BCUT2D eigenvalue weighted by molar-refractivity contribution is 7.10. The quantitative estimate of drug-likeness (QED) is 0.709. The van der Waals surface area contributed by atoms with Crippen molar-refractivity contribution in [1.82, 2.24) is 9.97 Å². The summed E-state index contributed by atoms with van der Waals surface area (Å²) < 4.78 is 0. The van der Waals surface area contributed by atoms with Gasteiger partial charge >= 0.3 is 0 Å². The fourth-order valence-corrected chi connectivity index (χ4v) is 4.12. The summed E-state index contributed by atoms with van der Waals surface area (Å²) in [5, 5.41) is 2.21. The van der Waals surface area contributed by atoms with Gasteiger partial charge < -0.3 is 4.90 Å². The smallest absolute Gasteiger partial charge is 0.148 e. The number of rotatable bonds is 2. The van der Waals surface area contributed by atoms with Gasteiger partial charge in [0.25, 0.3) is 0 Å². The Morgan fingerprint density at radius 2 is 2.10 bits per heavy atom. The molecule has 21 heavy (non-hydrogen) atoms. The molecule has 1 aliphatic rings. The van der Waals surface area contributed by atoms with Crippen LogP contribution in [-0.2, 0) is 6.42 Å². The zero-order valence-electron chi connectivity index (χ0n) is 12.0. The molecule has 0 saturated carbocycles. The van der Waals surface area contributed by atoms with E-state index in [0.717, 1.165) is 36.2 Å². The highest BCUT2D eigenvalue weighted by Crippen LogP contribution is 2.37. The van der Waals surface area contributed by atoms with Crippen LogP contribution in [0, 0.1) is 0 Å². The van der Waals surface area contributed by atoms with E-state index in [-0.39, 0.29) is 0 Å². The Labute approximate surface area is 128 Å². The summed E-state index contributed by atoms with van der Waals surface area (Å²) in [6, 6.07) is 10.8. The molecule has 0 N–H and O–H groups in total. The maximum atomic E-state index is 4.82. The van der Waals surface area contributed by atoms with E-state index in [9.17, 15) is 0 Å². The van der Waals surface area contributed by atoms with Gasteiger partial charge in [0.1, 0.15) is 5.82 Å². The highest BCUT2D eigenvalue weighted by atomic mass is 32.1. The molecular formula is C17H17N3S. The number of hydrogen-bond donors (Lipinski definition) is 0. The molecule has 1 atom stereocenters. The average Bonchev–Trinajstić information content (AvgIpc) is 3.02. The minimum Gasteiger partial charge on any atom is -0.348 e. The number of anilines is 1. The molecular weight excluding hydrogens is 278 g/mol. The number of benzene rings is 1. The molecule has 0 spiro atoms. The molecule has 0 aliphatic carbocycles. The zero-order valence-corrected chi connectivity index (χ0v) is 12.8. The highest BCUT2D eigenvalue weighted by Gasteiger charge is 2.28. The number of hydrogen-bond acceptors (Lipinski definition) is 4. The maximum Gasteiger partial charge on any atom is 0.148 e. The van der Waals surface area contributed by atoms with E-state index >= 15 is 0 Å². The molecule has 4 heteroatoms. The van der Waals surface area contributed by atoms with Crippen LogP contribution in [0.2, 0.25) is 0 Å². The van der Waals surface area contributed by atoms with Gasteiger partial charge in [-0.3, -0.25) is 4.98 Å². The van der Waals surface area contributed by atoms with E-state index in [2.05, 4.69) is 28.3 Å². The predicted octanol–water partition coefficient (Wildman–Crippen LogP) is 4.21. The van der Waals surface area contributed by atoms with Crippen LogP contribution in [0.3, 0.4) is 0 Å². The van der Waals surface area contributed by atoms with Gasteiger partial charge in [-0.2, -0.15) is 0 Å². The summed E-state index contributed by atoms with van der Waals surface area (Å²) in [5.41, 5.74) is 3.41. The molecule has 1 aromatic carbocycles. The van der Waals surface area contributed by atoms with Crippen LogP contribution in [0.5, 0.6) is 0 Å². The summed E-state index contributed by atoms with van der Waals surface area (Å²) in [6.07, 6.45) is 4.12. The Balaban J connectivity index is 1.77. The number of aromatic nitrogens is 2. The van der Waals surface area contributed by atoms with Gasteiger partial charge in [0.05, 0.1) is 23.3 Å². The van der Waals surface area contributed by atoms with Gasteiger partial charge in [-0.25, -0.2) is 4.98 Å². The summed E-state index contributed by atoms with van der Waals surface area (Å²) in [4.78, 5) is 13.3. The molecule has 4 rings (SSSR count). The second-order valence-electron chi connectivity index (χ2n) is 5.38. The van der Waals surface area contributed by atoms with Crippen LogP contribution in [-0.4, -0.2) is 16.5 Å². The van der Waals surface area contributed by atoms with Gasteiger partial charge in [0, 0.05) is 11.4 Å². The number of para-hydroxylation sites is 2. The van der Waals surface area contributed by atoms with Crippen molar-refractivity contribution in [3.63, 3.8) is 0 Å². The van der Waals surface area contributed by atoms with E-state index in [0.29, 0.717) is 6.04 Å². The number of nitrogens with zero attached hydrogens (tertiary/aromatic N) is 3. The lowest BCUT2D eigenvalue weighted by Crippen LogP contribution is -2.35. The molecule has 106 valence electrons. The third-order valence-corrected chi connectivity index (χ3v) is 5.21. The van der Waals surface area contributed by atoms with Crippen LogP contribution in [0.4, 0.5) is 5.82 Å². The third-order valence-electron chi connectivity index (χ3n) is 4.21. The Morgan fingerprint density at radius 3 is 2.95 bits per heavy atom. The summed E-state index contributed by atoms with van der Waals surface area (Å²) in [5.74, 6) is 0.998. The van der Waals surface area contributed by atoms with Gasteiger partial charge in [-0.05, 0) is 42.0 Å². The lowest BCUT2D eigenvalue weighted by atomic mass is 9.98. The van der Waals surface area contributed by atoms with Gasteiger partial charge in [0.15, 0.2) is 0 Å². The van der Waals surface area contributed by atoms with Crippen molar-refractivity contribution in [2.45, 2.75) is 25.8 Å². The van der Waals surface area contributed by atoms with Crippen LogP contribution >= 0.6 is 11.3 Å². The van der Waals surface area contributed by atoms with Crippen LogP contribution < -0.4 is 4.90 Å². The first-order valence-corrected chi connectivity index (χ1v) is 8.29. The molecule has 0 fully saturated rings. The average molecular weight is 295 g/mol. The van der Waals surface area contributed by atoms with E-state index in [4.69, 9.17) is 4.98 Å². The topological polar surface area (TPSA) is 29.0 Å². The lowest BCUT2D eigenvalue weighted by Gasteiger charge is -2.36. The molecule has 2 aromatic heterocycles. The van der Waals surface area contributed by atoms with Crippen LogP contribution in [0.1, 0.15) is 29.8 Å². The second-order valence-corrected chi connectivity index (χ2v) is 6.38. The first kappa shape index (κ1) is 12.8. The standard InChI is InChI=1S/C17H17N3S/c1-2-15-12-8-10-21-16(12)7-9-20(15)17-11-18-13-5-3-4-6-14(13)19-17/h3-6,8,10-11,15H,2,7,9H2,1H3. The van der Waals surface area contributed by atoms with E-state index in [1.807, 2.05) is 41.8 Å². The third kappa shape index (κ3) is 2.10. The number of thiophene rings is 1. The molecule has 0 radical (unpaired) electrons. The van der Waals surface area contributed by atoms with E-state index < -0.39 is 0 Å². The molecule has 3 nitrogen and oxygen atoms in total. The summed E-state index contributed by atoms with van der Waals surface area (Å²) in [7, 11) is 0. The van der Waals surface area contributed by atoms with E-state index in [1.54, 1.807) is 0 Å². The van der Waals surface area contributed by atoms with Crippen molar-refractivity contribution in [2.75, 3.05) is 11.4 Å².